The number of amides is 2. The first-order valence-corrected chi connectivity index (χ1v) is 8.85. The van der Waals surface area contributed by atoms with Crippen molar-refractivity contribution < 1.29 is 14.7 Å². The molecule has 0 spiro atoms. The summed E-state index contributed by atoms with van der Waals surface area (Å²) in [5.74, 6) is -0.951. The quantitative estimate of drug-likeness (QED) is 0.767. The molecule has 0 saturated heterocycles. The minimum atomic E-state index is -0.951. The van der Waals surface area contributed by atoms with Crippen molar-refractivity contribution >= 4 is 23.3 Å². The maximum Gasteiger partial charge on any atom is 0.335 e. The van der Waals surface area contributed by atoms with E-state index in [1.807, 2.05) is 16.3 Å². The van der Waals surface area contributed by atoms with Crippen molar-refractivity contribution in [1.82, 2.24) is 10.2 Å². The fourth-order valence-electron chi connectivity index (χ4n) is 2.34. The molecule has 0 aliphatic heterocycles. The van der Waals surface area contributed by atoms with Crippen LogP contribution in [0.5, 0.6) is 0 Å². The summed E-state index contributed by atoms with van der Waals surface area (Å²) in [4.78, 5) is 26.3. The van der Waals surface area contributed by atoms with Gasteiger partial charge in [-0.1, -0.05) is 25.1 Å². The number of carbonyl (C=O) groups excluding carboxylic acids is 1. The molecule has 1 heterocycles. The third-order valence-corrected chi connectivity index (χ3v) is 4.57. The first-order chi connectivity index (χ1) is 11.6. The second kappa shape index (κ2) is 9.08. The number of thiophene rings is 1. The molecule has 0 aliphatic rings. The normalized spacial score (nSPS) is 10.4. The average molecular weight is 346 g/mol. The average Bonchev–Trinajstić information content (AvgIpc) is 3.10. The summed E-state index contributed by atoms with van der Waals surface area (Å²) in [6, 6.07) is 10.5. The number of rotatable bonds is 8. The zero-order valence-corrected chi connectivity index (χ0v) is 14.5. The molecule has 2 amide bonds. The molecule has 0 fully saturated rings. The van der Waals surface area contributed by atoms with Crippen molar-refractivity contribution in [3.05, 3.63) is 57.8 Å². The van der Waals surface area contributed by atoms with Crippen LogP contribution in [0.2, 0.25) is 0 Å². The molecular weight excluding hydrogens is 324 g/mol. The van der Waals surface area contributed by atoms with Crippen molar-refractivity contribution in [2.45, 2.75) is 26.3 Å². The summed E-state index contributed by atoms with van der Waals surface area (Å²) in [6.07, 6.45) is 1.77. The van der Waals surface area contributed by atoms with Crippen molar-refractivity contribution in [1.29, 1.82) is 0 Å². The highest BCUT2D eigenvalue weighted by Gasteiger charge is 2.12. The number of aromatic carboxylic acids is 1. The first-order valence-electron chi connectivity index (χ1n) is 7.97. The standard InChI is InChI=1S/C18H22N2O3S/c1-2-10-20(11-9-16-4-3-12-24-16)18(23)19-13-14-5-7-15(8-6-14)17(21)22/h3-8,12H,2,9-11,13H2,1H3,(H,19,23)(H,21,22). The topological polar surface area (TPSA) is 69.6 Å². The van der Waals surface area contributed by atoms with Crippen LogP contribution >= 0.6 is 11.3 Å². The second-order valence-corrected chi connectivity index (χ2v) is 6.51. The smallest absolute Gasteiger partial charge is 0.335 e. The lowest BCUT2D eigenvalue weighted by atomic mass is 10.1. The van der Waals surface area contributed by atoms with Gasteiger partial charge in [0.15, 0.2) is 0 Å². The van der Waals surface area contributed by atoms with Gasteiger partial charge in [0.05, 0.1) is 5.56 Å². The van der Waals surface area contributed by atoms with Crippen LogP contribution in [0.15, 0.2) is 41.8 Å². The van der Waals surface area contributed by atoms with Gasteiger partial charge in [0.1, 0.15) is 0 Å². The van der Waals surface area contributed by atoms with Gasteiger partial charge in [-0.2, -0.15) is 0 Å². The highest BCUT2D eigenvalue weighted by molar-refractivity contribution is 7.09. The van der Waals surface area contributed by atoms with E-state index in [-0.39, 0.29) is 11.6 Å². The number of carboxylic acid groups (broad SMARTS) is 1. The largest absolute Gasteiger partial charge is 0.478 e. The minimum Gasteiger partial charge on any atom is -0.478 e. The lowest BCUT2D eigenvalue weighted by molar-refractivity contribution is 0.0697. The predicted molar refractivity (Wildman–Crippen MR) is 95.5 cm³/mol. The molecule has 0 radical (unpaired) electrons. The summed E-state index contributed by atoms with van der Waals surface area (Å²) in [5.41, 5.74) is 1.12. The van der Waals surface area contributed by atoms with E-state index in [1.54, 1.807) is 35.6 Å². The van der Waals surface area contributed by atoms with Gasteiger partial charge < -0.3 is 15.3 Å². The Kier molecular flexibility index (Phi) is 6.81. The Labute approximate surface area is 145 Å². The lowest BCUT2D eigenvalue weighted by Gasteiger charge is -2.22. The van der Waals surface area contributed by atoms with E-state index in [1.165, 1.54) is 4.88 Å². The van der Waals surface area contributed by atoms with E-state index in [4.69, 9.17) is 5.11 Å². The zero-order valence-electron chi connectivity index (χ0n) is 13.7. The zero-order chi connectivity index (χ0) is 17.4. The fourth-order valence-corrected chi connectivity index (χ4v) is 3.04. The van der Waals surface area contributed by atoms with E-state index in [0.29, 0.717) is 13.1 Å². The molecule has 128 valence electrons. The molecule has 0 unspecified atom stereocenters. The molecule has 2 N–H and O–H groups in total. The maximum atomic E-state index is 12.4. The van der Waals surface area contributed by atoms with E-state index < -0.39 is 5.97 Å². The van der Waals surface area contributed by atoms with Gasteiger partial charge in [-0.3, -0.25) is 0 Å². The summed E-state index contributed by atoms with van der Waals surface area (Å²) in [6.45, 7) is 3.85. The molecular formula is C18H22N2O3S. The van der Waals surface area contributed by atoms with Gasteiger partial charge >= 0.3 is 12.0 Å². The monoisotopic (exact) mass is 346 g/mol. The van der Waals surface area contributed by atoms with Gasteiger partial charge in [-0.05, 0) is 42.0 Å². The van der Waals surface area contributed by atoms with Crippen LogP contribution in [0.4, 0.5) is 4.79 Å². The van der Waals surface area contributed by atoms with Gasteiger partial charge in [-0.15, -0.1) is 11.3 Å². The van der Waals surface area contributed by atoms with Crippen LogP contribution in [0, 0.1) is 0 Å². The maximum absolute atomic E-state index is 12.4. The van der Waals surface area contributed by atoms with Crippen molar-refractivity contribution in [2.75, 3.05) is 13.1 Å². The van der Waals surface area contributed by atoms with Crippen LogP contribution < -0.4 is 5.32 Å². The Bertz CT molecular complexity index is 653. The number of urea groups is 1. The third kappa shape index (κ3) is 5.38. The van der Waals surface area contributed by atoms with Gasteiger partial charge in [-0.25, -0.2) is 9.59 Å². The Morgan fingerprint density at radius 2 is 1.92 bits per heavy atom. The van der Waals surface area contributed by atoms with Crippen molar-refractivity contribution in [3.63, 3.8) is 0 Å². The van der Waals surface area contributed by atoms with Gasteiger partial charge in [0.2, 0.25) is 0 Å². The van der Waals surface area contributed by atoms with E-state index in [9.17, 15) is 9.59 Å². The SMILES string of the molecule is CCCN(CCc1cccs1)C(=O)NCc1ccc(C(=O)O)cc1. The predicted octanol–water partition coefficient (Wildman–Crippen LogP) is 3.61. The Morgan fingerprint density at radius 1 is 1.17 bits per heavy atom. The summed E-state index contributed by atoms with van der Waals surface area (Å²) < 4.78 is 0. The number of nitrogens with one attached hydrogen (secondary N) is 1. The molecule has 0 saturated carbocycles. The highest BCUT2D eigenvalue weighted by Crippen LogP contribution is 2.10. The summed E-state index contributed by atoms with van der Waals surface area (Å²) in [7, 11) is 0. The van der Waals surface area contributed by atoms with Crippen LogP contribution in [-0.2, 0) is 13.0 Å². The number of hydrogen-bond acceptors (Lipinski definition) is 3. The molecule has 0 aliphatic carbocycles. The molecule has 2 aromatic rings. The molecule has 24 heavy (non-hydrogen) atoms. The van der Waals surface area contributed by atoms with Gasteiger partial charge in [0.25, 0.3) is 0 Å². The third-order valence-electron chi connectivity index (χ3n) is 3.63. The number of hydrogen-bond donors (Lipinski definition) is 2. The molecule has 6 heteroatoms. The van der Waals surface area contributed by atoms with Crippen LogP contribution in [0.25, 0.3) is 0 Å². The Morgan fingerprint density at radius 3 is 2.50 bits per heavy atom. The number of carbonyl (C=O) groups is 2. The second-order valence-electron chi connectivity index (χ2n) is 5.48. The van der Waals surface area contributed by atoms with Crippen molar-refractivity contribution in [2.24, 2.45) is 0 Å². The summed E-state index contributed by atoms with van der Waals surface area (Å²) >= 11 is 1.70. The Balaban J connectivity index is 1.86. The number of benzene rings is 1. The molecule has 0 bridgehead atoms. The van der Waals surface area contributed by atoms with E-state index in [2.05, 4.69) is 18.3 Å². The molecule has 1 aromatic heterocycles. The molecule has 0 atom stereocenters. The highest BCUT2D eigenvalue weighted by atomic mass is 32.1. The van der Waals surface area contributed by atoms with Crippen LogP contribution in [-0.4, -0.2) is 35.1 Å². The minimum absolute atomic E-state index is 0.0873. The number of nitrogens with zero attached hydrogens (tertiary/aromatic N) is 1. The summed E-state index contributed by atoms with van der Waals surface area (Å²) in [5, 5.41) is 13.8. The van der Waals surface area contributed by atoms with Gasteiger partial charge in [0, 0.05) is 24.5 Å². The van der Waals surface area contributed by atoms with E-state index in [0.717, 1.165) is 24.9 Å². The van der Waals surface area contributed by atoms with E-state index >= 15 is 0 Å². The Hall–Kier alpha value is -2.34. The molecule has 2 rings (SSSR count). The van der Waals surface area contributed by atoms with Crippen molar-refractivity contribution in [3.8, 4) is 0 Å². The van der Waals surface area contributed by atoms with Crippen LogP contribution in [0.3, 0.4) is 0 Å². The lowest BCUT2D eigenvalue weighted by Crippen LogP contribution is -2.41. The van der Waals surface area contributed by atoms with Crippen LogP contribution in [0.1, 0.15) is 34.1 Å². The number of carboxylic acids is 1. The first kappa shape index (κ1) is 18.0. The molecule has 5 nitrogen and oxygen atoms in total. The fraction of sp³-hybridized carbons (Fsp3) is 0.333. The molecule has 1 aromatic carbocycles.